The number of halogens is 7. The molecule has 0 radical (unpaired) electrons. The molecule has 0 spiro atoms. The molecular weight excluding hydrogens is 724 g/mol. The molecule has 0 aliphatic carbocycles. The van der Waals surface area contributed by atoms with Crippen LogP contribution in [0.4, 0.5) is 26.3 Å². The Morgan fingerprint density at radius 3 is 1.83 bits per heavy atom. The number of hydrogen-bond acceptors (Lipinski definition) is 6. The van der Waals surface area contributed by atoms with Crippen LogP contribution in [-0.2, 0) is 25.5 Å². The van der Waals surface area contributed by atoms with E-state index in [2.05, 4.69) is 15.9 Å². The van der Waals surface area contributed by atoms with Gasteiger partial charge >= 0.3 is 12.1 Å². The van der Waals surface area contributed by atoms with E-state index in [0.29, 0.717) is 35.9 Å². The molecule has 3 aromatic rings. The van der Waals surface area contributed by atoms with Crippen LogP contribution >= 0.6 is 15.9 Å². The van der Waals surface area contributed by atoms with Crippen LogP contribution in [0.3, 0.4) is 0 Å². The zero-order valence-electron chi connectivity index (χ0n) is 24.1. The van der Waals surface area contributed by atoms with Crippen molar-refractivity contribution in [1.29, 1.82) is 0 Å². The first kappa shape index (κ1) is 36.2. The van der Waals surface area contributed by atoms with E-state index in [-0.39, 0.29) is 28.8 Å². The smallest absolute Gasteiger partial charge is 0.475 e. The Hall–Kier alpha value is -3.67. The molecule has 2 bridgehead atoms. The fourth-order valence-electron chi connectivity index (χ4n) is 5.40. The van der Waals surface area contributed by atoms with Gasteiger partial charge in [0.25, 0.3) is 5.92 Å². The molecule has 2 aliphatic heterocycles. The summed E-state index contributed by atoms with van der Waals surface area (Å²) in [6.07, 6.45) is -2.88. The van der Waals surface area contributed by atoms with Gasteiger partial charge in [-0.1, -0.05) is 28.1 Å². The highest BCUT2D eigenvalue weighted by atomic mass is 79.9. The highest BCUT2D eigenvalue weighted by molar-refractivity contribution is 9.10. The molecule has 0 saturated carbocycles. The zero-order chi connectivity index (χ0) is 34.7. The summed E-state index contributed by atoms with van der Waals surface area (Å²) in [4.78, 5) is 23.7. The number of nitrogens with one attached hydrogen (secondary N) is 1. The van der Waals surface area contributed by atoms with Crippen LogP contribution < -0.4 is 15.2 Å². The zero-order valence-corrected chi connectivity index (χ0v) is 26.5. The topological polar surface area (TPSA) is 139 Å². The minimum Gasteiger partial charge on any atom is -0.475 e. The second-order valence-electron chi connectivity index (χ2n) is 10.9. The molecule has 47 heavy (non-hydrogen) atoms. The number of ether oxygens (including phenoxy) is 1. The monoisotopic (exact) mass is 751 g/mol. The lowest BCUT2D eigenvalue weighted by atomic mass is 9.95. The van der Waals surface area contributed by atoms with Gasteiger partial charge in [0.15, 0.2) is 6.04 Å². The summed E-state index contributed by atoms with van der Waals surface area (Å²) in [5, 5.41) is 7.12. The molecule has 4 N–H and O–H groups in total. The van der Waals surface area contributed by atoms with Crippen LogP contribution in [0.2, 0.25) is 0 Å². The first-order chi connectivity index (χ1) is 21.9. The van der Waals surface area contributed by atoms with Gasteiger partial charge < -0.3 is 20.5 Å². The van der Waals surface area contributed by atoms with Crippen LogP contribution in [0, 0.1) is 5.82 Å². The summed E-state index contributed by atoms with van der Waals surface area (Å²) in [5.41, 5.74) is 5.60. The number of carboxylic acid groups (broad SMARTS) is 1. The van der Waals surface area contributed by atoms with E-state index in [1.807, 2.05) is 4.72 Å². The largest absolute Gasteiger partial charge is 0.490 e. The van der Waals surface area contributed by atoms with Gasteiger partial charge in [0.05, 0.1) is 4.90 Å². The molecule has 2 fully saturated rings. The number of nitrogens with zero attached hydrogens (tertiary/aromatic N) is 1. The number of alkyl halides is 5. The normalized spacial score (nSPS) is 20.2. The van der Waals surface area contributed by atoms with E-state index in [1.54, 1.807) is 0 Å². The van der Waals surface area contributed by atoms with Crippen molar-refractivity contribution < 1.29 is 54.2 Å². The number of fused-ring (bicyclic) bond motifs is 2. The van der Waals surface area contributed by atoms with Gasteiger partial charge in [-0.3, -0.25) is 4.79 Å². The van der Waals surface area contributed by atoms with E-state index in [9.17, 15) is 30.8 Å². The maximum absolute atomic E-state index is 16.0. The third-order valence-electron chi connectivity index (χ3n) is 7.56. The van der Waals surface area contributed by atoms with E-state index in [0.717, 1.165) is 12.1 Å². The average molecular weight is 753 g/mol. The third kappa shape index (κ3) is 8.82. The van der Waals surface area contributed by atoms with Gasteiger partial charge in [0.2, 0.25) is 15.9 Å². The number of carbonyl (C=O) groups excluding carboxylic acids is 1. The number of nitrogens with two attached hydrogens (primary N) is 1. The highest BCUT2D eigenvalue weighted by Gasteiger charge is 2.53. The maximum atomic E-state index is 16.0. The Balaban J connectivity index is 0.000000644. The molecular formula is C30H28BrF6N3O6S. The van der Waals surface area contributed by atoms with E-state index >= 15 is 8.78 Å². The van der Waals surface area contributed by atoms with Crippen molar-refractivity contribution in [1.82, 2.24) is 9.62 Å². The lowest BCUT2D eigenvalue weighted by Crippen LogP contribution is -2.60. The summed E-state index contributed by atoms with van der Waals surface area (Å²) in [6.45, 7) is 0. The summed E-state index contributed by atoms with van der Waals surface area (Å²) >= 11 is 3.21. The third-order valence-corrected chi connectivity index (χ3v) is 9.53. The van der Waals surface area contributed by atoms with Crippen LogP contribution in [-0.4, -0.2) is 60.6 Å². The second kappa shape index (κ2) is 14.2. The van der Waals surface area contributed by atoms with Gasteiger partial charge in [0.1, 0.15) is 17.3 Å². The molecule has 2 heterocycles. The Kier molecular flexibility index (Phi) is 10.9. The predicted octanol–water partition coefficient (Wildman–Crippen LogP) is 5.93. The minimum absolute atomic E-state index is 0.140. The van der Waals surface area contributed by atoms with Crippen molar-refractivity contribution in [2.24, 2.45) is 5.73 Å². The first-order valence-electron chi connectivity index (χ1n) is 14.0. The summed E-state index contributed by atoms with van der Waals surface area (Å²) in [7, 11) is -4.58. The quantitative estimate of drug-likeness (QED) is 0.243. The van der Waals surface area contributed by atoms with E-state index in [1.165, 1.54) is 65.6 Å². The summed E-state index contributed by atoms with van der Waals surface area (Å²) in [6, 6.07) is 12.2. The number of carboxylic acids is 1. The molecule has 5 rings (SSSR count). The van der Waals surface area contributed by atoms with Crippen molar-refractivity contribution >= 4 is 37.8 Å². The van der Waals surface area contributed by atoms with Crippen molar-refractivity contribution in [3.05, 3.63) is 88.6 Å². The number of rotatable bonds is 8. The molecule has 2 saturated heterocycles. The number of piperidine rings is 1. The number of amides is 1. The minimum atomic E-state index is -5.08. The van der Waals surface area contributed by atoms with Gasteiger partial charge in [-0.25, -0.2) is 17.6 Å². The number of aliphatic carboxylic acids is 1. The number of benzene rings is 3. The van der Waals surface area contributed by atoms with Gasteiger partial charge in [-0.15, -0.1) is 0 Å². The van der Waals surface area contributed by atoms with Gasteiger partial charge in [0, 0.05) is 28.2 Å². The Morgan fingerprint density at radius 1 is 0.894 bits per heavy atom. The van der Waals surface area contributed by atoms with E-state index < -0.39 is 51.4 Å². The van der Waals surface area contributed by atoms with Crippen molar-refractivity contribution in [2.75, 3.05) is 0 Å². The molecule has 0 aromatic heterocycles. The van der Waals surface area contributed by atoms with Crippen LogP contribution in [0.25, 0.3) is 0 Å². The molecule has 3 atom stereocenters. The lowest BCUT2D eigenvalue weighted by Gasteiger charge is -2.41. The molecule has 9 nitrogen and oxygen atoms in total. The second-order valence-corrected chi connectivity index (χ2v) is 13.5. The molecule has 2 unspecified atom stereocenters. The van der Waals surface area contributed by atoms with Crippen LogP contribution in [0.5, 0.6) is 11.5 Å². The van der Waals surface area contributed by atoms with Crippen LogP contribution in [0.15, 0.2) is 82.2 Å². The van der Waals surface area contributed by atoms with Crippen LogP contribution in [0.1, 0.15) is 31.2 Å². The van der Waals surface area contributed by atoms with Crippen molar-refractivity contribution in [3.8, 4) is 11.5 Å². The number of carbonyl (C=O) groups is 2. The maximum Gasteiger partial charge on any atom is 0.490 e. The summed E-state index contributed by atoms with van der Waals surface area (Å²) < 4.78 is 112. The highest BCUT2D eigenvalue weighted by Crippen LogP contribution is 2.40. The predicted molar refractivity (Wildman–Crippen MR) is 160 cm³/mol. The molecule has 1 amide bonds. The van der Waals surface area contributed by atoms with Gasteiger partial charge in [-0.05, 0) is 86.3 Å². The van der Waals surface area contributed by atoms with Crippen molar-refractivity contribution in [3.63, 3.8) is 0 Å². The fourth-order valence-corrected chi connectivity index (χ4v) is 6.85. The number of hydrogen-bond donors (Lipinski definition) is 3. The Morgan fingerprint density at radius 2 is 1.36 bits per heavy atom. The Labute approximate surface area is 273 Å². The molecule has 2 aliphatic rings. The molecule has 17 heteroatoms. The van der Waals surface area contributed by atoms with Gasteiger partial charge in [-0.2, -0.15) is 26.7 Å². The Bertz CT molecular complexity index is 1660. The molecule has 3 aromatic carbocycles. The van der Waals surface area contributed by atoms with Crippen molar-refractivity contribution in [2.45, 2.75) is 66.8 Å². The summed E-state index contributed by atoms with van der Waals surface area (Å²) in [5.74, 6) is -7.47. The SMILES string of the molecule is NC1CC2CCC(C1)N2C(=O)[C@@H](NS(=O)(=O)c1ccc(Oc2ccc(F)cc2)cc1)C(F)(F)c1ccc(Br)cc1.O=C(O)C(F)(F)F. The fraction of sp³-hybridized carbons (Fsp3) is 0.333. The standard InChI is InChI=1S/C28H27BrF3N3O4S.C2HF3O2/c29-18-3-1-17(2-4-18)28(31,32)26(27(36)35-21-7-8-22(35)16-20(33)15-21)34-40(37,38)25-13-11-24(12-14-25)39-23-9-5-19(30)6-10-23;3-2(4,5)1(6)7/h1-6,9-14,20-22,26,34H,7-8,15-16,33H2;(H,6,7)/t20?,21?,22?,26-;/m1./s1. The molecule has 254 valence electrons. The number of sulfonamides is 1. The lowest BCUT2D eigenvalue weighted by molar-refractivity contribution is -0.192. The van der Waals surface area contributed by atoms with E-state index in [4.69, 9.17) is 20.4 Å². The first-order valence-corrected chi connectivity index (χ1v) is 16.2. The average Bonchev–Trinajstić information content (AvgIpc) is 3.27.